The van der Waals surface area contributed by atoms with Crippen LogP contribution in [0, 0.1) is 12.7 Å². The molecule has 1 aromatic heterocycles. The van der Waals surface area contributed by atoms with E-state index in [1.165, 1.54) is 12.1 Å². The molecule has 20 heavy (non-hydrogen) atoms. The van der Waals surface area contributed by atoms with Gasteiger partial charge in [-0.15, -0.1) is 0 Å². The van der Waals surface area contributed by atoms with Crippen LogP contribution in [0.25, 0.3) is 0 Å². The van der Waals surface area contributed by atoms with E-state index in [0.29, 0.717) is 24.5 Å². The largest absolute Gasteiger partial charge is 0.461 e. The average molecular weight is 276 g/mol. The predicted molar refractivity (Wildman–Crippen MR) is 75.0 cm³/mol. The SMILES string of the molecule is CCOC(=O)c1c(N)cc(C)n1Cc1ccc(F)cc1. The van der Waals surface area contributed by atoms with Gasteiger partial charge >= 0.3 is 5.97 Å². The molecule has 0 aliphatic rings. The van der Waals surface area contributed by atoms with Crippen molar-refractivity contribution in [2.45, 2.75) is 20.4 Å². The van der Waals surface area contributed by atoms with Gasteiger partial charge in [-0.05, 0) is 37.6 Å². The Morgan fingerprint density at radius 1 is 1.35 bits per heavy atom. The molecule has 0 radical (unpaired) electrons. The number of carbonyl (C=O) groups is 1. The van der Waals surface area contributed by atoms with E-state index >= 15 is 0 Å². The van der Waals surface area contributed by atoms with Crippen molar-refractivity contribution in [3.63, 3.8) is 0 Å². The van der Waals surface area contributed by atoms with E-state index in [1.807, 2.05) is 6.92 Å². The smallest absolute Gasteiger partial charge is 0.357 e. The maximum atomic E-state index is 12.9. The number of aryl methyl sites for hydroxylation is 1. The fourth-order valence-electron chi connectivity index (χ4n) is 2.11. The van der Waals surface area contributed by atoms with Gasteiger partial charge in [0.15, 0.2) is 5.69 Å². The molecule has 2 aromatic rings. The standard InChI is InChI=1S/C15H17FN2O2/c1-3-20-15(19)14-13(17)8-10(2)18(14)9-11-4-6-12(16)7-5-11/h4-8H,3,9,17H2,1-2H3. The third kappa shape index (κ3) is 2.82. The van der Waals surface area contributed by atoms with Gasteiger partial charge in [-0.3, -0.25) is 0 Å². The third-order valence-electron chi connectivity index (χ3n) is 3.06. The Kier molecular flexibility index (Phi) is 4.08. The lowest BCUT2D eigenvalue weighted by atomic mass is 10.2. The number of hydrogen-bond donors (Lipinski definition) is 1. The summed E-state index contributed by atoms with van der Waals surface area (Å²) in [5, 5.41) is 0. The molecule has 0 saturated heterocycles. The highest BCUT2D eigenvalue weighted by molar-refractivity contribution is 5.94. The van der Waals surface area contributed by atoms with Crippen LogP contribution in [-0.4, -0.2) is 17.1 Å². The molecule has 0 amide bonds. The maximum absolute atomic E-state index is 12.9. The van der Waals surface area contributed by atoms with Crippen molar-refractivity contribution in [2.75, 3.05) is 12.3 Å². The number of rotatable bonds is 4. The number of benzene rings is 1. The molecule has 106 valence electrons. The molecule has 0 bridgehead atoms. The topological polar surface area (TPSA) is 57.2 Å². The zero-order chi connectivity index (χ0) is 14.7. The second kappa shape index (κ2) is 5.77. The Hall–Kier alpha value is -2.30. The van der Waals surface area contributed by atoms with Gasteiger partial charge in [-0.25, -0.2) is 9.18 Å². The minimum Gasteiger partial charge on any atom is -0.461 e. The summed E-state index contributed by atoms with van der Waals surface area (Å²) in [6, 6.07) is 7.87. The van der Waals surface area contributed by atoms with Gasteiger partial charge in [-0.2, -0.15) is 0 Å². The van der Waals surface area contributed by atoms with E-state index in [0.717, 1.165) is 11.3 Å². The molecule has 5 heteroatoms. The third-order valence-corrected chi connectivity index (χ3v) is 3.06. The molecule has 4 nitrogen and oxygen atoms in total. The van der Waals surface area contributed by atoms with Gasteiger partial charge in [0.1, 0.15) is 5.82 Å². The van der Waals surface area contributed by atoms with Crippen LogP contribution in [0.2, 0.25) is 0 Å². The summed E-state index contributed by atoms with van der Waals surface area (Å²) < 4.78 is 19.7. The van der Waals surface area contributed by atoms with E-state index in [2.05, 4.69) is 0 Å². The average Bonchev–Trinajstić information content (AvgIpc) is 2.67. The number of halogens is 1. The number of anilines is 1. The van der Waals surface area contributed by atoms with Gasteiger partial charge in [0.05, 0.1) is 12.3 Å². The lowest BCUT2D eigenvalue weighted by Gasteiger charge is -2.11. The number of nitrogens with two attached hydrogens (primary N) is 1. The lowest BCUT2D eigenvalue weighted by molar-refractivity contribution is 0.0515. The van der Waals surface area contributed by atoms with Gasteiger partial charge in [0, 0.05) is 12.2 Å². The molecule has 2 rings (SSSR count). The molecule has 2 N–H and O–H groups in total. The van der Waals surface area contributed by atoms with Crippen LogP contribution in [0.5, 0.6) is 0 Å². The minimum atomic E-state index is -0.444. The Bertz CT molecular complexity index is 618. The quantitative estimate of drug-likeness (QED) is 0.873. The molecule has 1 aromatic carbocycles. The zero-order valence-electron chi connectivity index (χ0n) is 11.5. The van der Waals surface area contributed by atoms with Crippen molar-refractivity contribution in [1.82, 2.24) is 4.57 Å². The second-order valence-electron chi connectivity index (χ2n) is 4.52. The zero-order valence-corrected chi connectivity index (χ0v) is 11.5. The van der Waals surface area contributed by atoms with E-state index < -0.39 is 5.97 Å². The summed E-state index contributed by atoms with van der Waals surface area (Å²) in [4.78, 5) is 12.0. The summed E-state index contributed by atoms with van der Waals surface area (Å²) in [6.45, 7) is 4.34. The maximum Gasteiger partial charge on any atom is 0.357 e. The van der Waals surface area contributed by atoms with Crippen molar-refractivity contribution in [3.05, 3.63) is 53.1 Å². The fraction of sp³-hybridized carbons (Fsp3) is 0.267. The molecule has 0 aliphatic carbocycles. The predicted octanol–water partition coefficient (Wildman–Crippen LogP) is 2.74. The summed E-state index contributed by atoms with van der Waals surface area (Å²) in [6.07, 6.45) is 0. The number of esters is 1. The first-order chi connectivity index (χ1) is 9.52. The molecular formula is C15H17FN2O2. The highest BCUT2D eigenvalue weighted by atomic mass is 19.1. The molecule has 0 spiro atoms. The number of nitrogens with zero attached hydrogens (tertiary/aromatic N) is 1. The van der Waals surface area contributed by atoms with Crippen LogP contribution < -0.4 is 5.73 Å². The van der Waals surface area contributed by atoms with Crippen LogP contribution in [0.3, 0.4) is 0 Å². The first-order valence-electron chi connectivity index (χ1n) is 6.40. The lowest BCUT2D eigenvalue weighted by Crippen LogP contribution is -2.15. The van der Waals surface area contributed by atoms with E-state index in [-0.39, 0.29) is 5.82 Å². The highest BCUT2D eigenvalue weighted by Crippen LogP contribution is 2.21. The first-order valence-corrected chi connectivity index (χ1v) is 6.40. The monoisotopic (exact) mass is 276 g/mol. The Morgan fingerprint density at radius 2 is 2.00 bits per heavy atom. The van der Waals surface area contributed by atoms with Gasteiger partial charge in [-0.1, -0.05) is 12.1 Å². The summed E-state index contributed by atoms with van der Waals surface area (Å²) in [7, 11) is 0. The van der Waals surface area contributed by atoms with Crippen molar-refractivity contribution >= 4 is 11.7 Å². The van der Waals surface area contributed by atoms with Crippen molar-refractivity contribution in [3.8, 4) is 0 Å². The van der Waals surface area contributed by atoms with E-state index in [9.17, 15) is 9.18 Å². The molecule has 0 aliphatic heterocycles. The van der Waals surface area contributed by atoms with Crippen LogP contribution >= 0.6 is 0 Å². The van der Waals surface area contributed by atoms with Crippen molar-refractivity contribution < 1.29 is 13.9 Å². The minimum absolute atomic E-state index is 0.289. The number of carbonyl (C=O) groups excluding carboxylic acids is 1. The molecular weight excluding hydrogens is 259 g/mol. The number of aromatic nitrogens is 1. The fourth-order valence-corrected chi connectivity index (χ4v) is 2.11. The Morgan fingerprint density at radius 3 is 2.60 bits per heavy atom. The van der Waals surface area contributed by atoms with Crippen LogP contribution in [-0.2, 0) is 11.3 Å². The van der Waals surface area contributed by atoms with E-state index in [4.69, 9.17) is 10.5 Å². The highest BCUT2D eigenvalue weighted by Gasteiger charge is 2.19. The molecule has 0 saturated carbocycles. The summed E-state index contributed by atoms with van der Waals surface area (Å²) >= 11 is 0. The summed E-state index contributed by atoms with van der Waals surface area (Å²) in [5.74, 6) is -0.733. The molecule has 1 heterocycles. The van der Waals surface area contributed by atoms with Gasteiger partial charge < -0.3 is 15.0 Å². The van der Waals surface area contributed by atoms with Crippen LogP contribution in [0.15, 0.2) is 30.3 Å². The Labute approximate surface area is 117 Å². The molecule has 0 unspecified atom stereocenters. The number of hydrogen-bond acceptors (Lipinski definition) is 3. The Balaban J connectivity index is 2.35. The number of ether oxygens (including phenoxy) is 1. The number of nitrogen functional groups attached to an aromatic ring is 1. The van der Waals surface area contributed by atoms with Crippen LogP contribution in [0.4, 0.5) is 10.1 Å². The normalized spacial score (nSPS) is 10.6. The molecule has 0 atom stereocenters. The second-order valence-corrected chi connectivity index (χ2v) is 4.52. The van der Waals surface area contributed by atoms with Crippen molar-refractivity contribution in [2.24, 2.45) is 0 Å². The summed E-state index contributed by atoms with van der Waals surface area (Å²) in [5.41, 5.74) is 8.34. The van der Waals surface area contributed by atoms with Gasteiger partial charge in [0.2, 0.25) is 0 Å². The van der Waals surface area contributed by atoms with Gasteiger partial charge in [0.25, 0.3) is 0 Å². The van der Waals surface area contributed by atoms with Crippen molar-refractivity contribution in [1.29, 1.82) is 0 Å². The molecule has 0 fully saturated rings. The first kappa shape index (κ1) is 14.1. The van der Waals surface area contributed by atoms with E-state index in [1.54, 1.807) is 29.7 Å². The van der Waals surface area contributed by atoms with Crippen LogP contribution in [0.1, 0.15) is 28.7 Å².